The molecule has 4 nitrogen and oxygen atoms in total. The van der Waals surface area contributed by atoms with Gasteiger partial charge in [0.15, 0.2) is 0 Å². The van der Waals surface area contributed by atoms with Crippen molar-refractivity contribution in [3.8, 4) is 0 Å². The standard InChI is InChI=1S/C11H11Cl2NO3S/c12-9-6-8(18(13,16)17)3-4-10(9)14-11(15)5-7-1-2-7/h3-4,6-7H,1-2,5H2,(H,14,15). The van der Waals surface area contributed by atoms with Crippen LogP contribution in [0.2, 0.25) is 5.02 Å². The van der Waals surface area contributed by atoms with Gasteiger partial charge < -0.3 is 5.32 Å². The minimum Gasteiger partial charge on any atom is -0.325 e. The van der Waals surface area contributed by atoms with Gasteiger partial charge in [-0.1, -0.05) is 11.6 Å². The first-order valence-electron chi connectivity index (χ1n) is 5.40. The number of rotatable bonds is 4. The van der Waals surface area contributed by atoms with E-state index in [0.717, 1.165) is 12.8 Å². The molecule has 1 aromatic rings. The van der Waals surface area contributed by atoms with Gasteiger partial charge in [0.1, 0.15) is 0 Å². The lowest BCUT2D eigenvalue weighted by atomic mass is 10.2. The third-order valence-corrected chi connectivity index (χ3v) is 4.33. The Balaban J connectivity index is 2.11. The predicted molar refractivity (Wildman–Crippen MR) is 70.5 cm³/mol. The van der Waals surface area contributed by atoms with E-state index in [0.29, 0.717) is 18.0 Å². The number of carbonyl (C=O) groups excluding carboxylic acids is 1. The van der Waals surface area contributed by atoms with Crippen LogP contribution in [0, 0.1) is 5.92 Å². The van der Waals surface area contributed by atoms with Crippen LogP contribution in [-0.2, 0) is 13.8 Å². The van der Waals surface area contributed by atoms with Gasteiger partial charge in [-0.2, -0.15) is 0 Å². The summed E-state index contributed by atoms with van der Waals surface area (Å²) in [7, 11) is 1.39. The summed E-state index contributed by atoms with van der Waals surface area (Å²) in [5.41, 5.74) is 0.395. The molecule has 0 aliphatic heterocycles. The number of hydrogen-bond acceptors (Lipinski definition) is 3. The molecule has 7 heteroatoms. The van der Waals surface area contributed by atoms with E-state index in [-0.39, 0.29) is 15.8 Å². The Labute approximate surface area is 115 Å². The van der Waals surface area contributed by atoms with Crippen molar-refractivity contribution in [3.05, 3.63) is 23.2 Å². The zero-order valence-electron chi connectivity index (χ0n) is 9.32. The molecule has 0 spiro atoms. The van der Waals surface area contributed by atoms with E-state index in [9.17, 15) is 13.2 Å². The van der Waals surface area contributed by atoms with Crippen LogP contribution in [0.3, 0.4) is 0 Å². The Kier molecular flexibility index (Phi) is 3.84. The number of hydrogen-bond donors (Lipinski definition) is 1. The number of nitrogens with one attached hydrogen (secondary N) is 1. The van der Waals surface area contributed by atoms with Crippen LogP contribution in [0.25, 0.3) is 0 Å². The molecule has 0 aromatic heterocycles. The van der Waals surface area contributed by atoms with E-state index in [1.165, 1.54) is 18.2 Å². The van der Waals surface area contributed by atoms with E-state index < -0.39 is 9.05 Å². The van der Waals surface area contributed by atoms with Gasteiger partial charge in [0.05, 0.1) is 15.6 Å². The molecule has 1 fully saturated rings. The van der Waals surface area contributed by atoms with Crippen LogP contribution in [0.1, 0.15) is 19.3 Å². The number of halogens is 2. The first-order valence-corrected chi connectivity index (χ1v) is 8.09. The largest absolute Gasteiger partial charge is 0.325 e. The average Bonchev–Trinajstić information content (AvgIpc) is 3.03. The van der Waals surface area contributed by atoms with Gasteiger partial charge in [-0.05, 0) is 37.0 Å². The van der Waals surface area contributed by atoms with E-state index >= 15 is 0 Å². The van der Waals surface area contributed by atoms with Crippen LogP contribution >= 0.6 is 22.3 Å². The normalized spacial score (nSPS) is 15.4. The molecule has 1 amide bonds. The predicted octanol–water partition coefficient (Wildman–Crippen LogP) is 3.01. The van der Waals surface area contributed by atoms with Gasteiger partial charge in [0.25, 0.3) is 9.05 Å². The highest BCUT2D eigenvalue weighted by atomic mass is 35.7. The van der Waals surface area contributed by atoms with Crippen molar-refractivity contribution in [1.82, 2.24) is 0 Å². The van der Waals surface area contributed by atoms with Crippen molar-refractivity contribution in [2.24, 2.45) is 5.92 Å². The van der Waals surface area contributed by atoms with Crippen LogP contribution in [0.4, 0.5) is 5.69 Å². The first kappa shape index (κ1) is 13.6. The van der Waals surface area contributed by atoms with Crippen LogP contribution < -0.4 is 5.32 Å². The molecule has 1 aliphatic carbocycles. The molecule has 0 heterocycles. The molecule has 1 aliphatic rings. The fraction of sp³-hybridized carbons (Fsp3) is 0.364. The summed E-state index contributed by atoms with van der Waals surface area (Å²) in [5.74, 6) is 0.368. The number of anilines is 1. The van der Waals surface area contributed by atoms with Gasteiger partial charge in [-0.15, -0.1) is 0 Å². The SMILES string of the molecule is O=C(CC1CC1)Nc1ccc(S(=O)(=O)Cl)cc1Cl. The van der Waals surface area contributed by atoms with E-state index in [1.54, 1.807) is 0 Å². The molecule has 98 valence electrons. The highest BCUT2D eigenvalue weighted by Crippen LogP contribution is 2.33. The second kappa shape index (κ2) is 5.07. The maximum absolute atomic E-state index is 11.6. The van der Waals surface area contributed by atoms with Gasteiger partial charge in [-0.3, -0.25) is 4.79 Å². The molecule has 1 N–H and O–H groups in total. The lowest BCUT2D eigenvalue weighted by Gasteiger charge is -2.07. The minimum atomic E-state index is -3.80. The summed E-state index contributed by atoms with van der Waals surface area (Å²) in [6.07, 6.45) is 2.65. The maximum atomic E-state index is 11.6. The third-order valence-electron chi connectivity index (χ3n) is 2.67. The lowest BCUT2D eigenvalue weighted by Crippen LogP contribution is -2.12. The summed E-state index contributed by atoms with van der Waals surface area (Å²) >= 11 is 5.89. The molecule has 0 saturated heterocycles. The van der Waals surface area contributed by atoms with Crippen LogP contribution in [0.5, 0.6) is 0 Å². The smallest absolute Gasteiger partial charge is 0.261 e. The van der Waals surface area contributed by atoms with Crippen molar-refractivity contribution >= 4 is 42.9 Å². The molecule has 0 radical (unpaired) electrons. The highest BCUT2D eigenvalue weighted by molar-refractivity contribution is 8.13. The fourth-order valence-electron chi connectivity index (χ4n) is 1.53. The summed E-state index contributed by atoms with van der Waals surface area (Å²) in [4.78, 5) is 11.5. The quantitative estimate of drug-likeness (QED) is 0.870. The highest BCUT2D eigenvalue weighted by Gasteiger charge is 2.24. The van der Waals surface area contributed by atoms with Crippen molar-refractivity contribution < 1.29 is 13.2 Å². The second-order valence-corrected chi connectivity index (χ2v) is 7.25. The number of amides is 1. The molecule has 1 aromatic carbocycles. The van der Waals surface area contributed by atoms with Gasteiger partial charge in [0.2, 0.25) is 5.91 Å². The molecule has 0 bridgehead atoms. The van der Waals surface area contributed by atoms with Crippen molar-refractivity contribution in [1.29, 1.82) is 0 Å². The molecule has 18 heavy (non-hydrogen) atoms. The molecule has 1 saturated carbocycles. The zero-order valence-corrected chi connectivity index (χ0v) is 11.6. The topological polar surface area (TPSA) is 63.2 Å². The van der Waals surface area contributed by atoms with Crippen molar-refractivity contribution in [2.75, 3.05) is 5.32 Å². The van der Waals surface area contributed by atoms with Gasteiger partial charge in [-0.25, -0.2) is 8.42 Å². The number of benzene rings is 1. The monoisotopic (exact) mass is 307 g/mol. The summed E-state index contributed by atoms with van der Waals surface area (Å²) in [6, 6.07) is 3.96. The maximum Gasteiger partial charge on any atom is 0.261 e. The fourth-order valence-corrected chi connectivity index (χ4v) is 2.60. The summed E-state index contributed by atoms with van der Waals surface area (Å²) in [5, 5.41) is 2.80. The van der Waals surface area contributed by atoms with Gasteiger partial charge >= 0.3 is 0 Å². The van der Waals surface area contributed by atoms with Crippen LogP contribution in [0.15, 0.2) is 23.1 Å². The molecular formula is C11H11Cl2NO3S. The van der Waals surface area contributed by atoms with E-state index in [4.69, 9.17) is 22.3 Å². The first-order chi connectivity index (χ1) is 8.36. The zero-order chi connectivity index (χ0) is 13.3. The Bertz CT molecular complexity index is 582. The minimum absolute atomic E-state index is 0.0886. The molecular weight excluding hydrogens is 297 g/mol. The Morgan fingerprint density at radius 3 is 2.56 bits per heavy atom. The van der Waals surface area contributed by atoms with Crippen LogP contribution in [-0.4, -0.2) is 14.3 Å². The van der Waals surface area contributed by atoms with Crippen molar-refractivity contribution in [3.63, 3.8) is 0 Å². The molecule has 2 rings (SSSR count). The summed E-state index contributed by atoms with van der Waals surface area (Å²) in [6.45, 7) is 0. The lowest BCUT2D eigenvalue weighted by molar-refractivity contribution is -0.116. The second-order valence-electron chi connectivity index (χ2n) is 4.28. The molecule has 0 atom stereocenters. The molecule has 0 unspecified atom stereocenters. The van der Waals surface area contributed by atoms with Gasteiger partial charge in [0, 0.05) is 17.1 Å². The Morgan fingerprint density at radius 1 is 1.39 bits per heavy atom. The van der Waals surface area contributed by atoms with E-state index in [1.807, 2.05) is 0 Å². The average molecular weight is 308 g/mol. The van der Waals surface area contributed by atoms with Crippen molar-refractivity contribution in [2.45, 2.75) is 24.2 Å². The third kappa shape index (κ3) is 3.60. The Hall–Kier alpha value is -0.780. The van der Waals surface area contributed by atoms with E-state index in [2.05, 4.69) is 5.32 Å². The summed E-state index contributed by atoms with van der Waals surface area (Å²) < 4.78 is 22.2. The number of carbonyl (C=O) groups is 1. The Morgan fingerprint density at radius 2 is 2.06 bits per heavy atom.